The van der Waals surface area contributed by atoms with Crippen LogP contribution < -0.4 is 4.90 Å². The molecular formula is C17H18FN5O. The number of nitrogens with zero attached hydrogens (tertiary/aromatic N) is 5. The van der Waals surface area contributed by atoms with Crippen molar-refractivity contribution in [1.29, 1.82) is 5.26 Å². The summed E-state index contributed by atoms with van der Waals surface area (Å²) >= 11 is 0. The molecule has 1 aromatic carbocycles. The van der Waals surface area contributed by atoms with E-state index in [1.807, 2.05) is 18.0 Å². The number of likely N-dealkylation sites (N-methyl/N-ethyl adjacent to an activating group) is 1. The number of hydrogen-bond donors (Lipinski definition) is 0. The van der Waals surface area contributed by atoms with E-state index in [-0.39, 0.29) is 11.9 Å². The van der Waals surface area contributed by atoms with Gasteiger partial charge in [0, 0.05) is 25.6 Å². The maximum Gasteiger partial charge on any atom is 0.245 e. The van der Waals surface area contributed by atoms with Gasteiger partial charge in [-0.3, -0.25) is 4.90 Å². The third kappa shape index (κ3) is 2.74. The Kier molecular flexibility index (Phi) is 3.69. The molecule has 4 rings (SSSR count). The SMILES string of the molecule is CN1CCN(c2ccc(C#N)cc2F)C[C@H]1c1nc(C2CC2)no1. The summed E-state index contributed by atoms with van der Waals surface area (Å²) in [5.41, 5.74) is 0.835. The van der Waals surface area contributed by atoms with Crippen LogP contribution in [0.25, 0.3) is 0 Å². The molecule has 1 atom stereocenters. The fraction of sp³-hybridized carbons (Fsp3) is 0.471. The highest BCUT2D eigenvalue weighted by molar-refractivity contribution is 5.51. The second-order valence-electron chi connectivity index (χ2n) is 6.49. The molecule has 0 amide bonds. The quantitative estimate of drug-likeness (QED) is 0.862. The molecule has 2 fully saturated rings. The van der Waals surface area contributed by atoms with Gasteiger partial charge in [0.2, 0.25) is 5.89 Å². The molecule has 0 radical (unpaired) electrons. The highest BCUT2D eigenvalue weighted by Gasteiger charge is 2.34. The first kappa shape index (κ1) is 15.1. The summed E-state index contributed by atoms with van der Waals surface area (Å²) < 4.78 is 19.8. The summed E-state index contributed by atoms with van der Waals surface area (Å²) in [6.45, 7) is 2.05. The third-order valence-corrected chi connectivity index (χ3v) is 4.75. The van der Waals surface area contributed by atoms with E-state index in [1.165, 1.54) is 6.07 Å². The first-order valence-electron chi connectivity index (χ1n) is 8.14. The van der Waals surface area contributed by atoms with Gasteiger partial charge in [-0.2, -0.15) is 10.2 Å². The van der Waals surface area contributed by atoms with Gasteiger partial charge < -0.3 is 9.42 Å². The molecule has 124 valence electrons. The highest BCUT2D eigenvalue weighted by Crippen LogP contribution is 2.39. The standard InChI is InChI=1S/C17H18FN5O/c1-22-6-7-23(14-5-2-11(9-19)8-13(14)18)10-15(22)17-20-16(21-24-17)12-3-4-12/h2,5,8,12,15H,3-4,6-7,10H2,1H3/t15-/m0/s1. The fourth-order valence-corrected chi connectivity index (χ4v) is 3.08. The average Bonchev–Trinajstić information content (AvgIpc) is 3.33. The molecule has 0 spiro atoms. The van der Waals surface area contributed by atoms with E-state index in [0.717, 1.165) is 25.2 Å². The fourth-order valence-electron chi connectivity index (χ4n) is 3.08. The Bertz CT molecular complexity index is 795. The maximum atomic E-state index is 14.3. The molecule has 1 aromatic heterocycles. The van der Waals surface area contributed by atoms with Crippen LogP contribution in [-0.4, -0.2) is 41.7 Å². The van der Waals surface area contributed by atoms with Crippen molar-refractivity contribution < 1.29 is 8.91 Å². The molecule has 0 unspecified atom stereocenters. The van der Waals surface area contributed by atoms with Crippen LogP contribution in [0, 0.1) is 17.1 Å². The van der Waals surface area contributed by atoms with E-state index >= 15 is 0 Å². The zero-order valence-electron chi connectivity index (χ0n) is 13.4. The molecule has 1 saturated heterocycles. The van der Waals surface area contributed by atoms with E-state index in [9.17, 15) is 4.39 Å². The van der Waals surface area contributed by atoms with E-state index in [2.05, 4.69) is 15.0 Å². The lowest BCUT2D eigenvalue weighted by Crippen LogP contribution is -2.47. The number of rotatable bonds is 3. The van der Waals surface area contributed by atoms with Crippen LogP contribution in [0.1, 0.15) is 42.1 Å². The summed E-state index contributed by atoms with van der Waals surface area (Å²) in [5.74, 6) is 1.46. The molecule has 24 heavy (non-hydrogen) atoms. The van der Waals surface area contributed by atoms with Gasteiger partial charge in [0.05, 0.1) is 17.3 Å². The Morgan fingerprint density at radius 1 is 1.33 bits per heavy atom. The van der Waals surface area contributed by atoms with Crippen molar-refractivity contribution in [3.8, 4) is 6.07 Å². The first-order valence-corrected chi connectivity index (χ1v) is 8.14. The van der Waals surface area contributed by atoms with E-state index in [1.54, 1.807) is 12.1 Å². The molecule has 6 nitrogen and oxygen atoms in total. The summed E-state index contributed by atoms with van der Waals surface area (Å²) in [4.78, 5) is 8.67. The van der Waals surface area contributed by atoms with E-state index in [0.29, 0.717) is 36.1 Å². The predicted molar refractivity (Wildman–Crippen MR) is 85.0 cm³/mol. The van der Waals surface area contributed by atoms with E-state index in [4.69, 9.17) is 9.78 Å². The lowest BCUT2D eigenvalue weighted by atomic mass is 10.1. The molecule has 2 aliphatic rings. The number of piperazine rings is 1. The number of nitriles is 1. The molecule has 1 aliphatic carbocycles. The lowest BCUT2D eigenvalue weighted by molar-refractivity contribution is 0.177. The van der Waals surface area contributed by atoms with Gasteiger partial charge in [0.1, 0.15) is 11.9 Å². The van der Waals surface area contributed by atoms with Crippen LogP contribution >= 0.6 is 0 Å². The van der Waals surface area contributed by atoms with Gasteiger partial charge in [-0.25, -0.2) is 4.39 Å². The predicted octanol–water partition coefficient (Wildman–Crippen LogP) is 2.45. The third-order valence-electron chi connectivity index (χ3n) is 4.75. The van der Waals surface area contributed by atoms with Crippen molar-refractivity contribution in [1.82, 2.24) is 15.0 Å². The molecule has 2 heterocycles. The van der Waals surface area contributed by atoms with Crippen molar-refractivity contribution in [2.45, 2.75) is 24.8 Å². The molecule has 0 N–H and O–H groups in total. The highest BCUT2D eigenvalue weighted by atomic mass is 19.1. The van der Waals surface area contributed by atoms with Crippen molar-refractivity contribution in [2.24, 2.45) is 0 Å². The zero-order chi connectivity index (χ0) is 16.7. The van der Waals surface area contributed by atoms with Crippen molar-refractivity contribution in [2.75, 3.05) is 31.6 Å². The number of aromatic nitrogens is 2. The zero-order valence-corrected chi connectivity index (χ0v) is 13.4. The number of halogens is 1. The lowest BCUT2D eigenvalue weighted by Gasteiger charge is -2.38. The number of benzene rings is 1. The van der Waals surface area contributed by atoms with Crippen molar-refractivity contribution in [3.63, 3.8) is 0 Å². The smallest absolute Gasteiger partial charge is 0.245 e. The number of anilines is 1. The minimum absolute atomic E-state index is 0.0613. The largest absolute Gasteiger partial charge is 0.366 e. The normalized spacial score (nSPS) is 21.7. The molecule has 1 saturated carbocycles. The molecule has 7 heteroatoms. The van der Waals surface area contributed by atoms with Gasteiger partial charge in [-0.15, -0.1) is 0 Å². The Labute approximate surface area is 139 Å². The summed E-state index contributed by atoms with van der Waals surface area (Å²) in [7, 11) is 2.01. The maximum absolute atomic E-state index is 14.3. The van der Waals surface area contributed by atoms with Crippen LogP contribution in [-0.2, 0) is 0 Å². The molecule has 0 bridgehead atoms. The minimum Gasteiger partial charge on any atom is -0.366 e. The minimum atomic E-state index is -0.374. The monoisotopic (exact) mass is 327 g/mol. The Morgan fingerprint density at radius 3 is 2.88 bits per heavy atom. The van der Waals surface area contributed by atoms with Crippen molar-refractivity contribution in [3.05, 3.63) is 41.3 Å². The van der Waals surface area contributed by atoms with Crippen LogP contribution in [0.3, 0.4) is 0 Å². The van der Waals surface area contributed by atoms with Gasteiger partial charge in [-0.1, -0.05) is 5.16 Å². The first-order chi connectivity index (χ1) is 11.7. The molecular weight excluding hydrogens is 309 g/mol. The average molecular weight is 327 g/mol. The van der Waals surface area contributed by atoms with Gasteiger partial charge in [0.15, 0.2) is 5.82 Å². The molecule has 2 aromatic rings. The van der Waals surface area contributed by atoms with Gasteiger partial charge in [-0.05, 0) is 38.1 Å². The van der Waals surface area contributed by atoms with Gasteiger partial charge in [0.25, 0.3) is 0 Å². The van der Waals surface area contributed by atoms with Crippen LogP contribution in [0.15, 0.2) is 22.7 Å². The summed E-state index contributed by atoms with van der Waals surface area (Å²) in [5, 5.41) is 13.0. The molecule has 1 aliphatic heterocycles. The van der Waals surface area contributed by atoms with Crippen LogP contribution in [0.5, 0.6) is 0 Å². The van der Waals surface area contributed by atoms with Crippen LogP contribution in [0.4, 0.5) is 10.1 Å². The van der Waals surface area contributed by atoms with Gasteiger partial charge >= 0.3 is 0 Å². The summed E-state index contributed by atoms with van der Waals surface area (Å²) in [6, 6.07) is 6.48. The Balaban J connectivity index is 1.57. The van der Waals surface area contributed by atoms with E-state index < -0.39 is 0 Å². The topological polar surface area (TPSA) is 69.2 Å². The van der Waals surface area contributed by atoms with Crippen molar-refractivity contribution >= 4 is 5.69 Å². The second-order valence-corrected chi connectivity index (χ2v) is 6.49. The Morgan fingerprint density at radius 2 is 2.17 bits per heavy atom. The number of hydrogen-bond acceptors (Lipinski definition) is 6. The second kappa shape index (κ2) is 5.87. The van der Waals surface area contributed by atoms with Crippen LogP contribution in [0.2, 0.25) is 0 Å². The summed E-state index contributed by atoms with van der Waals surface area (Å²) in [6.07, 6.45) is 2.25. The Hall–Kier alpha value is -2.46.